The zero-order chi connectivity index (χ0) is 11.4. The predicted octanol–water partition coefficient (Wildman–Crippen LogP) is 3.31. The molecule has 0 N–H and O–H groups in total. The maximum absolute atomic E-state index is 6.33. The molecule has 1 heterocycles. The first-order chi connectivity index (χ1) is 7.75. The summed E-state index contributed by atoms with van der Waals surface area (Å²) in [6, 6.07) is 12.0. The monoisotopic (exact) mass is 232 g/mol. The van der Waals surface area contributed by atoms with E-state index in [0.717, 1.165) is 23.4 Å². The lowest BCUT2D eigenvalue weighted by Gasteiger charge is -2.09. The van der Waals surface area contributed by atoms with Crippen LogP contribution in [0, 0.1) is 6.92 Å². The number of alkyl halides is 1. The van der Waals surface area contributed by atoms with Gasteiger partial charge in [-0.2, -0.15) is 0 Å². The fraction of sp³-hybridized carbons (Fsp3) is 0.231. The van der Waals surface area contributed by atoms with Crippen LogP contribution in [-0.4, -0.2) is 9.97 Å². The molecule has 2 nitrogen and oxygen atoms in total. The van der Waals surface area contributed by atoms with E-state index < -0.39 is 0 Å². The van der Waals surface area contributed by atoms with Crippen LogP contribution in [-0.2, 0) is 6.42 Å². The molecular weight excluding hydrogens is 220 g/mol. The van der Waals surface area contributed by atoms with Gasteiger partial charge in [-0.3, -0.25) is 0 Å². The van der Waals surface area contributed by atoms with Crippen LogP contribution in [0.4, 0.5) is 0 Å². The normalized spacial score (nSPS) is 12.4. The maximum Gasteiger partial charge on any atom is 0.115 e. The van der Waals surface area contributed by atoms with Crippen LogP contribution in [0.3, 0.4) is 0 Å². The minimum Gasteiger partial charge on any atom is -0.242 e. The quantitative estimate of drug-likeness (QED) is 0.759. The van der Waals surface area contributed by atoms with E-state index in [1.807, 2.05) is 43.3 Å². The van der Waals surface area contributed by atoms with Crippen LogP contribution in [0.1, 0.15) is 22.3 Å². The zero-order valence-corrected chi connectivity index (χ0v) is 9.85. The average Bonchev–Trinajstić information content (AvgIpc) is 2.30. The molecule has 0 aliphatic rings. The van der Waals surface area contributed by atoms with E-state index in [9.17, 15) is 0 Å². The predicted molar refractivity (Wildman–Crippen MR) is 65.5 cm³/mol. The molecule has 2 rings (SSSR count). The van der Waals surface area contributed by atoms with Crippen molar-refractivity contribution in [3.05, 3.63) is 59.7 Å². The number of benzene rings is 1. The van der Waals surface area contributed by atoms with Gasteiger partial charge in [-0.1, -0.05) is 30.3 Å². The van der Waals surface area contributed by atoms with Crippen LogP contribution in [0.25, 0.3) is 0 Å². The molecule has 0 saturated heterocycles. The summed E-state index contributed by atoms with van der Waals surface area (Å²) in [5, 5.41) is -0.0319. The SMILES string of the molecule is Cc1cc(CC(Cl)c2ccccc2)ncn1. The van der Waals surface area contributed by atoms with Crippen molar-refractivity contribution in [3.63, 3.8) is 0 Å². The van der Waals surface area contributed by atoms with Crippen molar-refractivity contribution in [2.75, 3.05) is 0 Å². The lowest BCUT2D eigenvalue weighted by molar-refractivity contribution is 0.864. The summed E-state index contributed by atoms with van der Waals surface area (Å²) in [6.45, 7) is 1.96. The van der Waals surface area contributed by atoms with Gasteiger partial charge in [0.05, 0.1) is 5.38 Å². The van der Waals surface area contributed by atoms with Crippen LogP contribution in [0.2, 0.25) is 0 Å². The molecule has 0 saturated carbocycles. The summed E-state index contributed by atoms with van der Waals surface area (Å²) in [5.41, 5.74) is 3.08. The summed E-state index contributed by atoms with van der Waals surface area (Å²) < 4.78 is 0. The minimum atomic E-state index is -0.0319. The molecule has 0 amide bonds. The van der Waals surface area contributed by atoms with Crippen LogP contribution >= 0.6 is 11.6 Å². The number of aromatic nitrogens is 2. The summed E-state index contributed by atoms with van der Waals surface area (Å²) >= 11 is 6.33. The molecule has 0 fully saturated rings. The Morgan fingerprint density at radius 1 is 1.19 bits per heavy atom. The Labute approximate surface area is 100 Å². The molecule has 1 atom stereocenters. The number of nitrogens with zero attached hydrogens (tertiary/aromatic N) is 2. The smallest absolute Gasteiger partial charge is 0.115 e. The Morgan fingerprint density at radius 2 is 1.94 bits per heavy atom. The molecule has 3 heteroatoms. The van der Waals surface area contributed by atoms with Crippen LogP contribution < -0.4 is 0 Å². The van der Waals surface area contributed by atoms with Crippen molar-refractivity contribution in [1.29, 1.82) is 0 Å². The number of rotatable bonds is 3. The summed E-state index contributed by atoms with van der Waals surface area (Å²) in [5.74, 6) is 0. The summed E-state index contributed by atoms with van der Waals surface area (Å²) in [4.78, 5) is 8.28. The van der Waals surface area contributed by atoms with Crippen LogP contribution in [0.5, 0.6) is 0 Å². The molecule has 1 aromatic carbocycles. The van der Waals surface area contributed by atoms with Gasteiger partial charge in [0.1, 0.15) is 6.33 Å². The standard InChI is InChI=1S/C13H13ClN2/c1-10-7-12(16-9-15-10)8-13(14)11-5-3-2-4-6-11/h2-7,9,13H,8H2,1H3. The fourth-order valence-corrected chi connectivity index (χ4v) is 1.89. The third kappa shape index (κ3) is 2.80. The van der Waals surface area contributed by atoms with Gasteiger partial charge in [0.15, 0.2) is 0 Å². The molecule has 1 aromatic heterocycles. The largest absolute Gasteiger partial charge is 0.242 e. The van der Waals surface area contributed by atoms with E-state index in [2.05, 4.69) is 9.97 Å². The number of hydrogen-bond acceptors (Lipinski definition) is 2. The highest BCUT2D eigenvalue weighted by molar-refractivity contribution is 6.20. The van der Waals surface area contributed by atoms with E-state index >= 15 is 0 Å². The van der Waals surface area contributed by atoms with Crippen molar-refractivity contribution in [3.8, 4) is 0 Å². The Bertz CT molecular complexity index is 456. The topological polar surface area (TPSA) is 25.8 Å². The van der Waals surface area contributed by atoms with Gasteiger partial charge in [-0.15, -0.1) is 11.6 Å². The second-order valence-corrected chi connectivity index (χ2v) is 4.26. The highest BCUT2D eigenvalue weighted by atomic mass is 35.5. The van der Waals surface area contributed by atoms with Gasteiger partial charge in [0.2, 0.25) is 0 Å². The molecule has 16 heavy (non-hydrogen) atoms. The fourth-order valence-electron chi connectivity index (χ4n) is 1.58. The van der Waals surface area contributed by atoms with E-state index in [1.54, 1.807) is 6.33 Å². The van der Waals surface area contributed by atoms with E-state index in [4.69, 9.17) is 11.6 Å². The maximum atomic E-state index is 6.33. The van der Waals surface area contributed by atoms with Gasteiger partial charge in [-0.25, -0.2) is 9.97 Å². The van der Waals surface area contributed by atoms with Gasteiger partial charge >= 0.3 is 0 Å². The van der Waals surface area contributed by atoms with Crippen molar-refractivity contribution in [2.24, 2.45) is 0 Å². The molecule has 2 aromatic rings. The third-order valence-electron chi connectivity index (χ3n) is 2.41. The van der Waals surface area contributed by atoms with Crippen molar-refractivity contribution in [1.82, 2.24) is 9.97 Å². The van der Waals surface area contributed by atoms with Crippen molar-refractivity contribution >= 4 is 11.6 Å². The minimum absolute atomic E-state index is 0.0319. The highest BCUT2D eigenvalue weighted by Gasteiger charge is 2.09. The van der Waals surface area contributed by atoms with Gasteiger partial charge in [0.25, 0.3) is 0 Å². The molecule has 82 valence electrons. The molecule has 0 spiro atoms. The Kier molecular flexibility index (Phi) is 3.52. The number of halogens is 1. The first-order valence-electron chi connectivity index (χ1n) is 5.22. The molecule has 0 radical (unpaired) electrons. The van der Waals surface area contributed by atoms with Gasteiger partial charge in [0, 0.05) is 17.8 Å². The first-order valence-corrected chi connectivity index (χ1v) is 5.66. The zero-order valence-electron chi connectivity index (χ0n) is 9.10. The van der Waals surface area contributed by atoms with Crippen molar-refractivity contribution in [2.45, 2.75) is 18.7 Å². The average molecular weight is 233 g/mol. The lowest BCUT2D eigenvalue weighted by Crippen LogP contribution is -1.99. The lowest BCUT2D eigenvalue weighted by atomic mass is 10.1. The van der Waals surface area contributed by atoms with Crippen molar-refractivity contribution < 1.29 is 0 Å². The summed E-state index contributed by atoms with van der Waals surface area (Å²) in [7, 11) is 0. The Balaban J connectivity index is 2.11. The molecule has 0 aliphatic heterocycles. The van der Waals surface area contributed by atoms with E-state index in [-0.39, 0.29) is 5.38 Å². The van der Waals surface area contributed by atoms with E-state index in [0.29, 0.717) is 0 Å². The molecule has 0 bridgehead atoms. The number of hydrogen-bond donors (Lipinski definition) is 0. The molecular formula is C13H13ClN2. The highest BCUT2D eigenvalue weighted by Crippen LogP contribution is 2.23. The van der Waals surface area contributed by atoms with Crippen LogP contribution in [0.15, 0.2) is 42.7 Å². The third-order valence-corrected chi connectivity index (χ3v) is 2.82. The Hall–Kier alpha value is -1.41. The second kappa shape index (κ2) is 5.08. The van der Waals surface area contributed by atoms with Gasteiger partial charge in [-0.05, 0) is 18.6 Å². The van der Waals surface area contributed by atoms with Gasteiger partial charge < -0.3 is 0 Å². The molecule has 1 unspecified atom stereocenters. The Morgan fingerprint density at radius 3 is 2.62 bits per heavy atom. The second-order valence-electron chi connectivity index (χ2n) is 3.73. The summed E-state index contributed by atoms with van der Waals surface area (Å²) in [6.07, 6.45) is 2.31. The number of aryl methyl sites for hydroxylation is 1. The first kappa shape index (κ1) is 11.1. The van der Waals surface area contributed by atoms with E-state index in [1.165, 1.54) is 0 Å². The molecule has 0 aliphatic carbocycles.